The maximum atomic E-state index is 12.7. The third-order valence-electron chi connectivity index (χ3n) is 5.43. The summed E-state index contributed by atoms with van der Waals surface area (Å²) in [6.07, 6.45) is 6.27. The van der Waals surface area contributed by atoms with Crippen LogP contribution in [-0.4, -0.2) is 53.3 Å². The lowest BCUT2D eigenvalue weighted by molar-refractivity contribution is 0.0746. The van der Waals surface area contributed by atoms with Crippen LogP contribution in [0.25, 0.3) is 0 Å². The molecule has 0 spiro atoms. The standard InChI is InChI=1S/C21H25BrN4O2/c22-17-6-4-5-16(15-17)21(27)26-13-11-25(12-14-26)19-9-10-20(24-23-19)28-18-7-2-1-3-8-18/h4-6,9-10,15,18H,1-3,7-8,11-14H2. The summed E-state index contributed by atoms with van der Waals surface area (Å²) in [5.74, 6) is 1.52. The summed E-state index contributed by atoms with van der Waals surface area (Å²) in [5, 5.41) is 8.61. The fourth-order valence-electron chi connectivity index (χ4n) is 3.84. The molecule has 0 N–H and O–H groups in total. The van der Waals surface area contributed by atoms with Gasteiger partial charge in [0.1, 0.15) is 6.10 Å². The molecule has 2 heterocycles. The Hall–Kier alpha value is -2.15. The van der Waals surface area contributed by atoms with Crippen molar-refractivity contribution in [1.29, 1.82) is 0 Å². The second kappa shape index (κ2) is 8.90. The second-order valence-corrected chi connectivity index (χ2v) is 8.31. The highest BCUT2D eigenvalue weighted by Gasteiger charge is 2.23. The second-order valence-electron chi connectivity index (χ2n) is 7.40. The fourth-order valence-corrected chi connectivity index (χ4v) is 4.24. The van der Waals surface area contributed by atoms with Crippen LogP contribution in [0.2, 0.25) is 0 Å². The van der Waals surface area contributed by atoms with E-state index in [4.69, 9.17) is 4.74 Å². The van der Waals surface area contributed by atoms with E-state index in [1.807, 2.05) is 41.3 Å². The molecule has 1 aromatic carbocycles. The van der Waals surface area contributed by atoms with E-state index in [1.165, 1.54) is 19.3 Å². The highest BCUT2D eigenvalue weighted by atomic mass is 79.9. The summed E-state index contributed by atoms with van der Waals surface area (Å²) in [5.41, 5.74) is 0.715. The Labute approximate surface area is 174 Å². The lowest BCUT2D eigenvalue weighted by Crippen LogP contribution is -2.49. The Balaban J connectivity index is 1.31. The first kappa shape index (κ1) is 19.2. The number of amides is 1. The third-order valence-corrected chi connectivity index (χ3v) is 5.92. The average molecular weight is 445 g/mol. The first-order chi connectivity index (χ1) is 13.7. The Morgan fingerprint density at radius 3 is 2.46 bits per heavy atom. The number of anilines is 1. The van der Waals surface area contributed by atoms with Crippen molar-refractivity contribution in [3.05, 3.63) is 46.4 Å². The van der Waals surface area contributed by atoms with Crippen LogP contribution in [0.1, 0.15) is 42.5 Å². The van der Waals surface area contributed by atoms with Crippen LogP contribution in [0.4, 0.5) is 5.82 Å². The van der Waals surface area contributed by atoms with Gasteiger partial charge in [0.25, 0.3) is 5.91 Å². The van der Waals surface area contributed by atoms with Gasteiger partial charge in [-0.3, -0.25) is 4.79 Å². The van der Waals surface area contributed by atoms with Gasteiger partial charge in [-0.1, -0.05) is 28.4 Å². The van der Waals surface area contributed by atoms with Crippen LogP contribution in [0, 0.1) is 0 Å². The number of aromatic nitrogens is 2. The zero-order valence-electron chi connectivity index (χ0n) is 15.9. The first-order valence-electron chi connectivity index (χ1n) is 9.99. The van der Waals surface area contributed by atoms with Crippen LogP contribution in [-0.2, 0) is 0 Å². The summed E-state index contributed by atoms with van der Waals surface area (Å²) in [7, 11) is 0. The summed E-state index contributed by atoms with van der Waals surface area (Å²) in [6, 6.07) is 11.4. The molecule has 4 rings (SSSR count). The molecule has 1 aromatic heterocycles. The molecule has 0 bridgehead atoms. The van der Waals surface area contributed by atoms with E-state index >= 15 is 0 Å². The molecular formula is C21H25BrN4O2. The molecule has 2 aliphatic rings. The number of hydrogen-bond donors (Lipinski definition) is 0. The maximum Gasteiger partial charge on any atom is 0.254 e. The summed E-state index contributed by atoms with van der Waals surface area (Å²) >= 11 is 3.43. The molecule has 2 aromatic rings. The van der Waals surface area contributed by atoms with E-state index in [-0.39, 0.29) is 12.0 Å². The molecule has 7 heteroatoms. The average Bonchev–Trinajstić information content (AvgIpc) is 2.75. The normalized spacial score (nSPS) is 18.2. The number of carbonyl (C=O) groups is 1. The number of hydrogen-bond acceptors (Lipinski definition) is 5. The van der Waals surface area contributed by atoms with Gasteiger partial charge in [0.15, 0.2) is 5.82 Å². The number of nitrogens with zero attached hydrogens (tertiary/aromatic N) is 4. The number of carbonyl (C=O) groups excluding carboxylic acids is 1. The molecule has 0 radical (unpaired) electrons. The van der Waals surface area contributed by atoms with Crippen molar-refractivity contribution in [3.63, 3.8) is 0 Å². The van der Waals surface area contributed by atoms with Crippen molar-refractivity contribution < 1.29 is 9.53 Å². The molecule has 2 fully saturated rings. The molecule has 1 saturated heterocycles. The zero-order valence-corrected chi connectivity index (χ0v) is 17.5. The minimum absolute atomic E-state index is 0.0725. The van der Waals surface area contributed by atoms with Gasteiger partial charge >= 0.3 is 0 Å². The fraction of sp³-hybridized carbons (Fsp3) is 0.476. The highest BCUT2D eigenvalue weighted by molar-refractivity contribution is 9.10. The smallest absolute Gasteiger partial charge is 0.254 e. The molecule has 1 aliphatic heterocycles. The van der Waals surface area contributed by atoms with E-state index in [2.05, 4.69) is 31.0 Å². The van der Waals surface area contributed by atoms with Gasteiger partial charge in [0.05, 0.1) is 0 Å². The van der Waals surface area contributed by atoms with Crippen molar-refractivity contribution in [2.24, 2.45) is 0 Å². The largest absolute Gasteiger partial charge is 0.473 e. The Morgan fingerprint density at radius 2 is 1.79 bits per heavy atom. The first-order valence-corrected chi connectivity index (χ1v) is 10.8. The minimum Gasteiger partial charge on any atom is -0.473 e. The summed E-state index contributed by atoms with van der Waals surface area (Å²) < 4.78 is 6.88. The predicted octanol–water partition coefficient (Wildman–Crippen LogP) is 3.91. The van der Waals surface area contributed by atoms with Crippen molar-refractivity contribution in [2.45, 2.75) is 38.2 Å². The summed E-state index contributed by atoms with van der Waals surface area (Å²) in [4.78, 5) is 16.7. The zero-order chi connectivity index (χ0) is 19.3. The highest BCUT2D eigenvalue weighted by Crippen LogP contribution is 2.23. The maximum absolute atomic E-state index is 12.7. The number of piperazine rings is 1. The molecule has 1 saturated carbocycles. The van der Waals surface area contributed by atoms with Crippen molar-refractivity contribution in [2.75, 3.05) is 31.1 Å². The molecule has 6 nitrogen and oxygen atoms in total. The molecular weight excluding hydrogens is 420 g/mol. The predicted molar refractivity (Wildman–Crippen MR) is 112 cm³/mol. The number of rotatable bonds is 4. The van der Waals surface area contributed by atoms with Gasteiger partial charge in [-0.15, -0.1) is 10.2 Å². The number of benzene rings is 1. The number of ether oxygens (including phenoxy) is 1. The SMILES string of the molecule is O=C(c1cccc(Br)c1)N1CCN(c2ccc(OC3CCCCC3)nn2)CC1. The van der Waals surface area contributed by atoms with E-state index in [1.54, 1.807) is 0 Å². The van der Waals surface area contributed by atoms with Gasteiger partial charge in [-0.2, -0.15) is 0 Å². The quantitative estimate of drug-likeness (QED) is 0.714. The third kappa shape index (κ3) is 4.63. The molecule has 148 valence electrons. The van der Waals surface area contributed by atoms with Gasteiger partial charge in [0.2, 0.25) is 5.88 Å². The molecule has 1 aliphatic carbocycles. The van der Waals surface area contributed by atoms with Crippen LogP contribution >= 0.6 is 15.9 Å². The van der Waals surface area contributed by atoms with Crippen molar-refractivity contribution in [1.82, 2.24) is 15.1 Å². The van der Waals surface area contributed by atoms with Gasteiger partial charge in [-0.25, -0.2) is 0 Å². The van der Waals surface area contributed by atoms with E-state index in [0.29, 0.717) is 24.5 Å². The minimum atomic E-state index is 0.0725. The summed E-state index contributed by atoms with van der Waals surface area (Å²) in [6.45, 7) is 2.84. The van der Waals surface area contributed by atoms with E-state index in [9.17, 15) is 4.79 Å². The Kier molecular flexibility index (Phi) is 6.10. The topological polar surface area (TPSA) is 58.6 Å². The van der Waals surface area contributed by atoms with Crippen LogP contribution < -0.4 is 9.64 Å². The van der Waals surface area contributed by atoms with Crippen molar-refractivity contribution >= 4 is 27.7 Å². The molecule has 0 unspecified atom stereocenters. The van der Waals surface area contributed by atoms with E-state index in [0.717, 1.165) is 36.2 Å². The van der Waals surface area contributed by atoms with Crippen molar-refractivity contribution in [3.8, 4) is 5.88 Å². The van der Waals surface area contributed by atoms with Crippen LogP contribution in [0.5, 0.6) is 5.88 Å². The lowest BCUT2D eigenvalue weighted by atomic mass is 9.98. The molecule has 1 amide bonds. The molecule has 0 atom stereocenters. The van der Waals surface area contributed by atoms with Gasteiger partial charge in [0, 0.05) is 42.3 Å². The molecule has 28 heavy (non-hydrogen) atoms. The lowest BCUT2D eigenvalue weighted by Gasteiger charge is -2.35. The van der Waals surface area contributed by atoms with Gasteiger partial charge < -0.3 is 14.5 Å². The van der Waals surface area contributed by atoms with E-state index < -0.39 is 0 Å². The monoisotopic (exact) mass is 444 g/mol. The number of halogens is 1. The van der Waals surface area contributed by atoms with Crippen LogP contribution in [0.3, 0.4) is 0 Å². The van der Waals surface area contributed by atoms with Crippen LogP contribution in [0.15, 0.2) is 40.9 Å². The Morgan fingerprint density at radius 1 is 1.00 bits per heavy atom. The Bertz CT molecular complexity index is 800. The van der Waals surface area contributed by atoms with Gasteiger partial charge in [-0.05, 0) is 49.9 Å².